The minimum Gasteiger partial charge on any atom is -0.464 e. The maximum Gasteiger partial charge on any atom is 0.356 e. The molecule has 0 aliphatic rings. The monoisotopic (exact) mass is 297 g/mol. The van der Waals surface area contributed by atoms with Crippen LogP contribution in [0.1, 0.15) is 26.5 Å². The molecule has 1 aromatic carbocycles. The molecule has 0 N–H and O–H groups in total. The van der Waals surface area contributed by atoms with Crippen molar-refractivity contribution >= 4 is 18.0 Å². The van der Waals surface area contributed by atoms with Gasteiger partial charge in [0.05, 0.1) is 14.2 Å². The van der Waals surface area contributed by atoms with Crippen LogP contribution in [0.25, 0.3) is 17.2 Å². The molecular formula is C17H15NO4. The fourth-order valence-corrected chi connectivity index (χ4v) is 1.93. The summed E-state index contributed by atoms with van der Waals surface area (Å²) >= 11 is 0. The average Bonchev–Trinajstić information content (AvgIpc) is 2.59. The number of aromatic nitrogens is 1. The number of hydrogen-bond acceptors (Lipinski definition) is 5. The molecule has 112 valence electrons. The van der Waals surface area contributed by atoms with E-state index in [1.54, 1.807) is 18.2 Å². The van der Waals surface area contributed by atoms with E-state index in [0.717, 1.165) is 11.1 Å². The van der Waals surface area contributed by atoms with E-state index in [2.05, 4.69) is 21.0 Å². The van der Waals surface area contributed by atoms with E-state index in [9.17, 15) is 9.59 Å². The second-order valence-electron chi connectivity index (χ2n) is 4.44. The SMILES string of the molecule is C=Cc1ccc(-c2cc(C(=O)OC)nc(C(=O)OC)c2)cc1. The van der Waals surface area contributed by atoms with Crippen molar-refractivity contribution in [2.75, 3.05) is 14.2 Å². The first kappa shape index (κ1) is 15.4. The van der Waals surface area contributed by atoms with Crippen LogP contribution >= 0.6 is 0 Å². The van der Waals surface area contributed by atoms with Crippen molar-refractivity contribution in [1.29, 1.82) is 0 Å². The van der Waals surface area contributed by atoms with Crippen molar-refractivity contribution < 1.29 is 19.1 Å². The highest BCUT2D eigenvalue weighted by molar-refractivity contribution is 5.94. The van der Waals surface area contributed by atoms with Crippen molar-refractivity contribution in [2.45, 2.75) is 0 Å². The lowest BCUT2D eigenvalue weighted by Gasteiger charge is -2.07. The summed E-state index contributed by atoms with van der Waals surface area (Å²) in [5.74, 6) is -1.23. The van der Waals surface area contributed by atoms with Crippen LogP contribution in [0.15, 0.2) is 43.0 Å². The van der Waals surface area contributed by atoms with E-state index < -0.39 is 11.9 Å². The second-order valence-corrected chi connectivity index (χ2v) is 4.44. The Bertz CT molecular complexity index is 686. The van der Waals surface area contributed by atoms with Gasteiger partial charge in [-0.2, -0.15) is 0 Å². The number of carbonyl (C=O) groups is 2. The summed E-state index contributed by atoms with van der Waals surface area (Å²) in [5.41, 5.74) is 2.58. The Labute approximate surface area is 128 Å². The van der Waals surface area contributed by atoms with Crippen molar-refractivity contribution in [2.24, 2.45) is 0 Å². The Morgan fingerprint density at radius 3 is 1.86 bits per heavy atom. The first-order valence-corrected chi connectivity index (χ1v) is 6.50. The van der Waals surface area contributed by atoms with Gasteiger partial charge in [-0.25, -0.2) is 14.6 Å². The predicted octanol–water partition coefficient (Wildman–Crippen LogP) is 2.96. The summed E-state index contributed by atoms with van der Waals surface area (Å²) < 4.78 is 9.33. The van der Waals surface area contributed by atoms with E-state index in [1.165, 1.54) is 14.2 Å². The first-order valence-electron chi connectivity index (χ1n) is 6.50. The highest BCUT2D eigenvalue weighted by atomic mass is 16.5. The second kappa shape index (κ2) is 6.67. The average molecular weight is 297 g/mol. The van der Waals surface area contributed by atoms with Crippen molar-refractivity contribution in [3.05, 3.63) is 59.9 Å². The van der Waals surface area contributed by atoms with Crippen LogP contribution in [0.4, 0.5) is 0 Å². The first-order chi connectivity index (χ1) is 10.6. The Morgan fingerprint density at radius 1 is 0.955 bits per heavy atom. The molecule has 0 saturated heterocycles. The Morgan fingerprint density at radius 2 is 1.45 bits per heavy atom. The van der Waals surface area contributed by atoms with Crippen LogP contribution in [0.2, 0.25) is 0 Å². The van der Waals surface area contributed by atoms with Crippen molar-refractivity contribution in [3.63, 3.8) is 0 Å². The summed E-state index contributed by atoms with van der Waals surface area (Å²) in [6.07, 6.45) is 1.73. The zero-order valence-electron chi connectivity index (χ0n) is 12.3. The number of esters is 2. The van der Waals surface area contributed by atoms with Crippen LogP contribution < -0.4 is 0 Å². The third-order valence-electron chi connectivity index (χ3n) is 3.09. The molecular weight excluding hydrogens is 282 g/mol. The predicted molar refractivity (Wildman–Crippen MR) is 82.4 cm³/mol. The molecule has 22 heavy (non-hydrogen) atoms. The van der Waals surface area contributed by atoms with E-state index in [0.29, 0.717) is 5.56 Å². The summed E-state index contributed by atoms with van der Waals surface area (Å²) in [5, 5.41) is 0. The summed E-state index contributed by atoms with van der Waals surface area (Å²) in [7, 11) is 2.51. The molecule has 2 rings (SSSR count). The van der Waals surface area contributed by atoms with Crippen molar-refractivity contribution in [1.82, 2.24) is 4.98 Å². The van der Waals surface area contributed by atoms with Gasteiger partial charge in [-0.3, -0.25) is 0 Å². The number of benzene rings is 1. The highest BCUT2D eigenvalue weighted by Gasteiger charge is 2.16. The fourth-order valence-electron chi connectivity index (χ4n) is 1.93. The minimum atomic E-state index is -0.616. The number of hydrogen-bond donors (Lipinski definition) is 0. The lowest BCUT2D eigenvalue weighted by atomic mass is 10.0. The molecule has 0 aliphatic heterocycles. The van der Waals surface area contributed by atoms with Crippen molar-refractivity contribution in [3.8, 4) is 11.1 Å². The van der Waals surface area contributed by atoms with E-state index >= 15 is 0 Å². The van der Waals surface area contributed by atoms with Crippen LogP contribution in [-0.4, -0.2) is 31.1 Å². The van der Waals surface area contributed by atoms with Crippen LogP contribution in [0.3, 0.4) is 0 Å². The lowest BCUT2D eigenvalue weighted by Crippen LogP contribution is -2.11. The number of rotatable bonds is 4. The van der Waals surface area contributed by atoms with Gasteiger partial charge in [-0.15, -0.1) is 0 Å². The van der Waals surface area contributed by atoms with Gasteiger partial charge in [0.15, 0.2) is 0 Å². The Hall–Kier alpha value is -2.95. The summed E-state index contributed by atoms with van der Waals surface area (Å²) in [6.45, 7) is 3.70. The molecule has 5 heteroatoms. The standard InChI is InChI=1S/C17H15NO4/c1-4-11-5-7-12(8-6-11)13-9-14(16(19)21-2)18-15(10-13)17(20)22-3/h4-10H,1H2,2-3H3. The summed E-state index contributed by atoms with van der Waals surface area (Å²) in [6, 6.07) is 10.7. The van der Waals surface area contributed by atoms with Gasteiger partial charge in [0.2, 0.25) is 0 Å². The summed E-state index contributed by atoms with van der Waals surface area (Å²) in [4.78, 5) is 27.4. The largest absolute Gasteiger partial charge is 0.464 e. The van der Waals surface area contributed by atoms with Crippen LogP contribution in [0.5, 0.6) is 0 Å². The molecule has 1 aromatic heterocycles. The number of methoxy groups -OCH3 is 2. The smallest absolute Gasteiger partial charge is 0.356 e. The molecule has 0 atom stereocenters. The normalized spacial score (nSPS) is 9.91. The van der Waals surface area contributed by atoms with Crippen LogP contribution in [0, 0.1) is 0 Å². The van der Waals surface area contributed by atoms with Gasteiger partial charge in [0, 0.05) is 0 Å². The molecule has 0 unspecified atom stereocenters. The van der Waals surface area contributed by atoms with Crippen LogP contribution in [-0.2, 0) is 9.47 Å². The quantitative estimate of drug-likeness (QED) is 0.812. The van der Waals surface area contributed by atoms with Gasteiger partial charge in [-0.1, -0.05) is 36.9 Å². The third-order valence-corrected chi connectivity index (χ3v) is 3.09. The lowest BCUT2D eigenvalue weighted by molar-refractivity contribution is 0.0586. The maximum atomic E-state index is 11.7. The van der Waals surface area contributed by atoms with Gasteiger partial charge in [-0.05, 0) is 28.8 Å². The van der Waals surface area contributed by atoms with Gasteiger partial charge >= 0.3 is 11.9 Å². The fraction of sp³-hybridized carbons (Fsp3) is 0.118. The third kappa shape index (κ3) is 3.20. The van der Waals surface area contributed by atoms with Gasteiger partial charge in [0.25, 0.3) is 0 Å². The van der Waals surface area contributed by atoms with E-state index in [-0.39, 0.29) is 11.4 Å². The number of ether oxygens (including phenoxy) is 2. The zero-order chi connectivity index (χ0) is 16.1. The number of carbonyl (C=O) groups excluding carboxylic acids is 2. The molecule has 0 fully saturated rings. The Balaban J connectivity index is 2.55. The number of nitrogens with zero attached hydrogens (tertiary/aromatic N) is 1. The molecule has 5 nitrogen and oxygen atoms in total. The van der Waals surface area contributed by atoms with E-state index in [1.807, 2.05) is 24.3 Å². The van der Waals surface area contributed by atoms with Gasteiger partial charge in [0.1, 0.15) is 11.4 Å². The molecule has 0 spiro atoms. The molecule has 0 radical (unpaired) electrons. The molecule has 2 aromatic rings. The molecule has 1 heterocycles. The Kier molecular flexibility index (Phi) is 4.68. The van der Waals surface area contributed by atoms with Gasteiger partial charge < -0.3 is 9.47 Å². The minimum absolute atomic E-state index is 0.0493. The molecule has 0 saturated carbocycles. The molecule has 0 bridgehead atoms. The molecule has 0 aliphatic carbocycles. The van der Waals surface area contributed by atoms with E-state index in [4.69, 9.17) is 0 Å². The zero-order valence-corrected chi connectivity index (χ0v) is 12.3. The molecule has 0 amide bonds. The number of pyridine rings is 1. The maximum absolute atomic E-state index is 11.7. The highest BCUT2D eigenvalue weighted by Crippen LogP contribution is 2.22. The topological polar surface area (TPSA) is 65.5 Å².